The summed E-state index contributed by atoms with van der Waals surface area (Å²) in [6.07, 6.45) is 0. The van der Waals surface area contributed by atoms with Crippen molar-refractivity contribution >= 4 is 17.5 Å². The zero-order valence-corrected chi connectivity index (χ0v) is 14.3. The van der Waals surface area contributed by atoms with Gasteiger partial charge in [-0.05, 0) is 19.1 Å². The molecule has 2 rings (SSSR count). The first-order valence-electron chi connectivity index (χ1n) is 7.74. The highest BCUT2D eigenvalue weighted by Crippen LogP contribution is 2.34. The van der Waals surface area contributed by atoms with Crippen LogP contribution in [-0.2, 0) is 9.59 Å². The second-order valence-corrected chi connectivity index (χ2v) is 5.89. The lowest BCUT2D eigenvalue weighted by atomic mass is 10.1. The lowest BCUT2D eigenvalue weighted by molar-refractivity contribution is -0.143. The molecule has 1 heterocycles. The number of piperazine rings is 1. The van der Waals surface area contributed by atoms with Crippen LogP contribution in [0.15, 0.2) is 18.2 Å². The molecule has 0 aliphatic carbocycles. The lowest BCUT2D eigenvalue weighted by Crippen LogP contribution is -2.58. The Morgan fingerprint density at radius 1 is 1.22 bits per heavy atom. The van der Waals surface area contributed by atoms with Gasteiger partial charge >= 0.3 is 0 Å². The van der Waals surface area contributed by atoms with Gasteiger partial charge in [0.2, 0.25) is 11.8 Å². The van der Waals surface area contributed by atoms with Crippen molar-refractivity contribution in [2.75, 3.05) is 32.2 Å². The molecule has 1 aromatic rings. The van der Waals surface area contributed by atoms with Crippen molar-refractivity contribution in [3.05, 3.63) is 18.2 Å². The Morgan fingerprint density at radius 3 is 2.48 bits per heavy atom. The molecule has 0 saturated carbocycles. The average Bonchev–Trinajstić information content (AvgIpc) is 2.56. The maximum absolute atomic E-state index is 12.8. The number of carbonyl (C=O) groups excluding carboxylic acids is 2. The Bertz CT molecular complexity index is 600. The van der Waals surface area contributed by atoms with Crippen molar-refractivity contribution in [1.82, 2.24) is 4.90 Å². The van der Waals surface area contributed by atoms with Crippen LogP contribution in [-0.4, -0.2) is 50.1 Å². The van der Waals surface area contributed by atoms with E-state index >= 15 is 0 Å². The summed E-state index contributed by atoms with van der Waals surface area (Å²) in [5.41, 5.74) is 0.667. The molecule has 0 aromatic heterocycles. The predicted octanol–water partition coefficient (Wildman–Crippen LogP) is 1.92. The Hall–Kier alpha value is -2.24. The van der Waals surface area contributed by atoms with Crippen LogP contribution >= 0.6 is 0 Å². The van der Waals surface area contributed by atoms with Gasteiger partial charge in [0.1, 0.15) is 17.5 Å². The number of ether oxygens (including phenoxy) is 2. The topological polar surface area (TPSA) is 59.1 Å². The molecule has 1 atom stereocenters. The molecular formula is C17H24N2O4. The van der Waals surface area contributed by atoms with Gasteiger partial charge in [-0.2, -0.15) is 0 Å². The van der Waals surface area contributed by atoms with Crippen LogP contribution in [0.2, 0.25) is 0 Å². The highest BCUT2D eigenvalue weighted by molar-refractivity contribution is 6.01. The fourth-order valence-corrected chi connectivity index (χ4v) is 2.75. The highest BCUT2D eigenvalue weighted by Gasteiger charge is 2.36. The van der Waals surface area contributed by atoms with Crippen LogP contribution in [0.25, 0.3) is 0 Å². The maximum atomic E-state index is 12.8. The SMILES string of the molecule is COc1ccc(OC)c(N2CCN(C(=O)C(C)C)[C@H](C)C2=O)c1. The average molecular weight is 320 g/mol. The van der Waals surface area contributed by atoms with Crippen LogP contribution in [0.3, 0.4) is 0 Å². The van der Waals surface area contributed by atoms with Crippen LogP contribution < -0.4 is 14.4 Å². The first-order valence-corrected chi connectivity index (χ1v) is 7.74. The van der Waals surface area contributed by atoms with Crippen molar-refractivity contribution in [3.63, 3.8) is 0 Å². The number of nitrogens with zero attached hydrogens (tertiary/aromatic N) is 2. The van der Waals surface area contributed by atoms with Crippen molar-refractivity contribution in [3.8, 4) is 11.5 Å². The molecule has 1 saturated heterocycles. The van der Waals surface area contributed by atoms with E-state index in [1.807, 2.05) is 13.8 Å². The Kier molecular flexibility index (Phi) is 5.13. The third-order valence-corrected chi connectivity index (χ3v) is 4.11. The minimum atomic E-state index is -0.491. The summed E-state index contributed by atoms with van der Waals surface area (Å²) in [7, 11) is 3.15. The molecule has 23 heavy (non-hydrogen) atoms. The van der Waals surface area contributed by atoms with Gasteiger partial charge in [-0.15, -0.1) is 0 Å². The second-order valence-electron chi connectivity index (χ2n) is 5.89. The normalized spacial score (nSPS) is 18.3. The Morgan fingerprint density at radius 2 is 1.91 bits per heavy atom. The first kappa shape index (κ1) is 17.1. The highest BCUT2D eigenvalue weighted by atomic mass is 16.5. The monoisotopic (exact) mass is 320 g/mol. The van der Waals surface area contributed by atoms with E-state index in [9.17, 15) is 9.59 Å². The van der Waals surface area contributed by atoms with Crippen molar-refractivity contribution < 1.29 is 19.1 Å². The predicted molar refractivity (Wildman–Crippen MR) is 87.9 cm³/mol. The number of amides is 2. The smallest absolute Gasteiger partial charge is 0.249 e. The van der Waals surface area contributed by atoms with Crippen molar-refractivity contribution in [1.29, 1.82) is 0 Å². The van der Waals surface area contributed by atoms with Gasteiger partial charge in [-0.1, -0.05) is 13.8 Å². The van der Waals surface area contributed by atoms with E-state index < -0.39 is 6.04 Å². The molecule has 0 spiro atoms. The maximum Gasteiger partial charge on any atom is 0.249 e. The Labute approximate surface area is 137 Å². The molecule has 1 aromatic carbocycles. The summed E-state index contributed by atoms with van der Waals surface area (Å²) in [4.78, 5) is 28.3. The van der Waals surface area contributed by atoms with Gasteiger partial charge < -0.3 is 19.3 Å². The largest absolute Gasteiger partial charge is 0.497 e. The molecule has 0 bridgehead atoms. The number of hydrogen-bond acceptors (Lipinski definition) is 4. The fraction of sp³-hybridized carbons (Fsp3) is 0.529. The molecular weight excluding hydrogens is 296 g/mol. The van der Waals surface area contributed by atoms with E-state index in [2.05, 4.69) is 0 Å². The lowest BCUT2D eigenvalue weighted by Gasteiger charge is -2.40. The second kappa shape index (κ2) is 6.89. The van der Waals surface area contributed by atoms with E-state index in [4.69, 9.17) is 9.47 Å². The molecule has 0 radical (unpaired) electrons. The van der Waals surface area contributed by atoms with E-state index in [1.54, 1.807) is 49.1 Å². The Balaban J connectivity index is 2.30. The van der Waals surface area contributed by atoms with Gasteiger partial charge in [-0.25, -0.2) is 0 Å². The van der Waals surface area contributed by atoms with E-state index in [0.717, 1.165) is 0 Å². The van der Waals surface area contributed by atoms with E-state index in [-0.39, 0.29) is 17.7 Å². The van der Waals surface area contributed by atoms with E-state index in [1.165, 1.54) is 0 Å². The van der Waals surface area contributed by atoms with Crippen LogP contribution in [0.1, 0.15) is 20.8 Å². The van der Waals surface area contributed by atoms with Gasteiger partial charge in [-0.3, -0.25) is 9.59 Å². The minimum absolute atomic E-state index is 0.00288. The summed E-state index contributed by atoms with van der Waals surface area (Å²) in [5, 5.41) is 0. The van der Waals surface area contributed by atoms with Gasteiger partial charge in [0.15, 0.2) is 0 Å². The number of hydrogen-bond donors (Lipinski definition) is 0. The number of methoxy groups -OCH3 is 2. The molecule has 0 unspecified atom stereocenters. The van der Waals surface area contributed by atoms with Gasteiger partial charge in [0.25, 0.3) is 0 Å². The quantitative estimate of drug-likeness (QED) is 0.850. The number of carbonyl (C=O) groups is 2. The molecule has 0 N–H and O–H groups in total. The van der Waals surface area contributed by atoms with Crippen molar-refractivity contribution in [2.24, 2.45) is 5.92 Å². The third kappa shape index (κ3) is 3.25. The summed E-state index contributed by atoms with van der Waals surface area (Å²) in [5.74, 6) is 1.03. The number of anilines is 1. The minimum Gasteiger partial charge on any atom is -0.497 e. The summed E-state index contributed by atoms with van der Waals surface area (Å²) in [6.45, 7) is 6.39. The van der Waals surface area contributed by atoms with Crippen LogP contribution in [0.5, 0.6) is 11.5 Å². The van der Waals surface area contributed by atoms with Crippen LogP contribution in [0.4, 0.5) is 5.69 Å². The van der Waals surface area contributed by atoms with Gasteiger partial charge in [0.05, 0.1) is 19.9 Å². The summed E-state index contributed by atoms with van der Waals surface area (Å²) >= 11 is 0. The molecule has 1 aliphatic rings. The molecule has 6 nitrogen and oxygen atoms in total. The molecule has 1 fully saturated rings. The number of rotatable bonds is 4. The number of benzene rings is 1. The van der Waals surface area contributed by atoms with Crippen LogP contribution in [0, 0.1) is 5.92 Å². The zero-order valence-electron chi connectivity index (χ0n) is 14.3. The third-order valence-electron chi connectivity index (χ3n) is 4.11. The fourth-order valence-electron chi connectivity index (χ4n) is 2.75. The molecule has 126 valence electrons. The van der Waals surface area contributed by atoms with E-state index in [0.29, 0.717) is 30.3 Å². The molecule has 6 heteroatoms. The zero-order chi connectivity index (χ0) is 17.1. The van der Waals surface area contributed by atoms with Crippen molar-refractivity contribution in [2.45, 2.75) is 26.8 Å². The molecule has 1 aliphatic heterocycles. The van der Waals surface area contributed by atoms with Gasteiger partial charge in [0, 0.05) is 25.1 Å². The summed E-state index contributed by atoms with van der Waals surface area (Å²) < 4.78 is 10.6. The molecule has 2 amide bonds. The standard InChI is InChI=1S/C17H24N2O4/c1-11(2)16(20)18-8-9-19(17(21)12(18)3)14-10-13(22-4)6-7-15(14)23-5/h6-7,10-12H,8-9H2,1-5H3/t12-/m1/s1. The first-order chi connectivity index (χ1) is 10.9. The summed E-state index contributed by atoms with van der Waals surface area (Å²) in [6, 6.07) is 4.85.